The quantitative estimate of drug-likeness (QED) is 0.307. The van der Waals surface area contributed by atoms with Crippen molar-refractivity contribution in [1.82, 2.24) is 0 Å². The molecule has 0 heterocycles. The van der Waals surface area contributed by atoms with Crippen LogP contribution in [-0.2, 0) is 0 Å². The van der Waals surface area contributed by atoms with Gasteiger partial charge in [-0.3, -0.25) is 0 Å². The molecule has 0 fully saturated rings. The van der Waals surface area contributed by atoms with Crippen LogP contribution in [0.4, 0.5) is 0 Å². The molecule has 0 spiro atoms. The lowest BCUT2D eigenvalue weighted by molar-refractivity contribution is -0.139. The van der Waals surface area contributed by atoms with Gasteiger partial charge in [0, 0.05) is 6.07 Å². The highest BCUT2D eigenvalue weighted by Crippen LogP contribution is 2.35. The van der Waals surface area contributed by atoms with Crippen molar-refractivity contribution < 1.29 is 30.3 Å². The second-order valence-corrected chi connectivity index (χ2v) is 2.24. The van der Waals surface area contributed by atoms with Gasteiger partial charge in [-0.05, 0) is 6.07 Å². The molecule has 1 rings (SSSR count). The number of carbonyl (C=O) groups is 1. The number of benzene rings is 1. The number of rotatable bonds is 2. The van der Waals surface area contributed by atoms with Crippen LogP contribution in [0.5, 0.6) is 17.2 Å². The Kier molecular flexibility index (Phi) is 2.25. The van der Waals surface area contributed by atoms with Crippen molar-refractivity contribution in [2.24, 2.45) is 0 Å². The zero-order valence-electron chi connectivity index (χ0n) is 6.26. The maximum atomic E-state index is 10.4. The van der Waals surface area contributed by atoms with Gasteiger partial charge in [0.1, 0.15) is 0 Å². The van der Waals surface area contributed by atoms with Gasteiger partial charge in [0.25, 0.3) is 0 Å². The first-order chi connectivity index (χ1) is 6.06. The number of carboxylic acid groups (broad SMARTS) is 1. The van der Waals surface area contributed by atoms with Crippen molar-refractivity contribution in [2.75, 3.05) is 0 Å². The molecule has 4 N–H and O–H groups in total. The lowest BCUT2D eigenvalue weighted by Gasteiger charge is -2.03. The molecule has 6 nitrogen and oxygen atoms in total. The molecule has 0 amide bonds. The maximum absolute atomic E-state index is 10.4. The van der Waals surface area contributed by atoms with Crippen molar-refractivity contribution in [2.45, 2.75) is 0 Å². The molecule has 0 radical (unpaired) electrons. The molecule has 1 aromatic carbocycles. The highest BCUT2D eigenvalue weighted by molar-refractivity contribution is 5.89. The molecular weight excluding hydrogens is 180 g/mol. The Labute approximate surface area is 72.2 Å². The standard InChI is InChI=1S/C7H6O6/c8-4-1-3(7(10)11)2-5(13-12)6(4)9/h1-2,8-9,12H,(H,10,11). The number of aromatic hydroxyl groups is 2. The van der Waals surface area contributed by atoms with Crippen LogP contribution < -0.4 is 4.89 Å². The van der Waals surface area contributed by atoms with Crippen molar-refractivity contribution >= 4 is 5.97 Å². The van der Waals surface area contributed by atoms with Crippen LogP contribution in [-0.4, -0.2) is 26.5 Å². The van der Waals surface area contributed by atoms with Gasteiger partial charge in [-0.15, -0.1) is 0 Å². The topological polar surface area (TPSA) is 107 Å². The SMILES string of the molecule is O=C(O)c1cc(O)c(O)c(OO)c1. The fourth-order valence-corrected chi connectivity index (χ4v) is 0.786. The Morgan fingerprint density at radius 3 is 2.38 bits per heavy atom. The Morgan fingerprint density at radius 2 is 1.92 bits per heavy atom. The minimum atomic E-state index is -1.31. The van der Waals surface area contributed by atoms with E-state index in [0.29, 0.717) is 0 Å². The summed E-state index contributed by atoms with van der Waals surface area (Å²) in [5, 5.41) is 34.6. The molecule has 1 aromatic rings. The lowest BCUT2D eigenvalue weighted by atomic mass is 10.2. The van der Waals surface area contributed by atoms with E-state index in [1.54, 1.807) is 0 Å². The van der Waals surface area contributed by atoms with E-state index in [9.17, 15) is 4.79 Å². The van der Waals surface area contributed by atoms with Gasteiger partial charge >= 0.3 is 5.97 Å². The Bertz CT molecular complexity index is 345. The van der Waals surface area contributed by atoms with Crippen LogP contribution in [0.2, 0.25) is 0 Å². The number of aromatic carboxylic acids is 1. The van der Waals surface area contributed by atoms with Crippen molar-refractivity contribution in [1.29, 1.82) is 0 Å². The molecule has 0 aliphatic heterocycles. The van der Waals surface area contributed by atoms with E-state index >= 15 is 0 Å². The van der Waals surface area contributed by atoms with E-state index in [-0.39, 0.29) is 5.56 Å². The number of carboxylic acids is 1. The molecule has 0 bridgehead atoms. The summed E-state index contributed by atoms with van der Waals surface area (Å²) in [7, 11) is 0. The fraction of sp³-hybridized carbons (Fsp3) is 0. The summed E-state index contributed by atoms with van der Waals surface area (Å²) in [4.78, 5) is 14.0. The normalized spacial score (nSPS) is 9.62. The van der Waals surface area contributed by atoms with Gasteiger partial charge in [0.05, 0.1) is 5.56 Å². The first-order valence-corrected chi connectivity index (χ1v) is 3.17. The highest BCUT2D eigenvalue weighted by atomic mass is 17.1. The molecule has 0 unspecified atom stereocenters. The van der Waals surface area contributed by atoms with Gasteiger partial charge in [-0.25, -0.2) is 10.1 Å². The number of hydrogen-bond acceptors (Lipinski definition) is 5. The molecule has 0 atom stereocenters. The van der Waals surface area contributed by atoms with Crippen LogP contribution in [0, 0.1) is 0 Å². The largest absolute Gasteiger partial charge is 0.504 e. The first-order valence-electron chi connectivity index (χ1n) is 3.17. The number of hydrogen-bond donors (Lipinski definition) is 4. The van der Waals surface area contributed by atoms with Gasteiger partial charge in [0.2, 0.25) is 11.5 Å². The van der Waals surface area contributed by atoms with E-state index in [1.165, 1.54) is 0 Å². The van der Waals surface area contributed by atoms with E-state index in [1.807, 2.05) is 0 Å². The zero-order chi connectivity index (χ0) is 10.0. The summed E-state index contributed by atoms with van der Waals surface area (Å²) >= 11 is 0. The molecule has 6 heteroatoms. The number of phenols is 2. The molecule has 0 saturated heterocycles. The van der Waals surface area contributed by atoms with Gasteiger partial charge in [-0.2, -0.15) is 0 Å². The minimum Gasteiger partial charge on any atom is -0.504 e. The molecule has 70 valence electrons. The van der Waals surface area contributed by atoms with E-state index in [0.717, 1.165) is 12.1 Å². The van der Waals surface area contributed by atoms with Crippen LogP contribution in [0.15, 0.2) is 12.1 Å². The number of phenolic OH excluding ortho intramolecular Hbond substituents is 2. The monoisotopic (exact) mass is 186 g/mol. The minimum absolute atomic E-state index is 0.306. The van der Waals surface area contributed by atoms with Gasteiger partial charge in [-0.1, -0.05) is 0 Å². The molecule has 0 aromatic heterocycles. The van der Waals surface area contributed by atoms with E-state index in [4.69, 9.17) is 20.6 Å². The third-order valence-electron chi connectivity index (χ3n) is 1.40. The Balaban J connectivity index is 3.30. The Morgan fingerprint density at radius 1 is 1.31 bits per heavy atom. The average Bonchev–Trinajstić information content (AvgIpc) is 2.09. The zero-order valence-corrected chi connectivity index (χ0v) is 6.26. The summed E-state index contributed by atoms with van der Waals surface area (Å²) in [5.41, 5.74) is -0.306. The summed E-state index contributed by atoms with van der Waals surface area (Å²) in [5.74, 6) is -3.22. The molecule has 0 saturated carbocycles. The molecule has 13 heavy (non-hydrogen) atoms. The van der Waals surface area contributed by atoms with Crippen molar-refractivity contribution in [3.63, 3.8) is 0 Å². The van der Waals surface area contributed by atoms with Crippen molar-refractivity contribution in [3.05, 3.63) is 17.7 Å². The highest BCUT2D eigenvalue weighted by Gasteiger charge is 2.14. The second-order valence-electron chi connectivity index (χ2n) is 2.24. The fourth-order valence-electron chi connectivity index (χ4n) is 0.786. The average molecular weight is 186 g/mol. The lowest BCUT2D eigenvalue weighted by Crippen LogP contribution is -1.97. The van der Waals surface area contributed by atoms with Crippen LogP contribution in [0.3, 0.4) is 0 Å². The summed E-state index contributed by atoms with van der Waals surface area (Å²) < 4.78 is 0. The molecule has 0 aliphatic rings. The smallest absolute Gasteiger partial charge is 0.335 e. The first kappa shape index (κ1) is 9.14. The summed E-state index contributed by atoms with van der Waals surface area (Å²) in [6, 6.07) is 1.71. The maximum Gasteiger partial charge on any atom is 0.335 e. The van der Waals surface area contributed by atoms with Gasteiger partial charge < -0.3 is 20.2 Å². The third-order valence-corrected chi connectivity index (χ3v) is 1.40. The predicted molar refractivity (Wildman–Crippen MR) is 40.0 cm³/mol. The third kappa shape index (κ3) is 1.62. The van der Waals surface area contributed by atoms with Gasteiger partial charge in [0.15, 0.2) is 5.75 Å². The summed E-state index contributed by atoms with van der Waals surface area (Å²) in [6.45, 7) is 0. The van der Waals surface area contributed by atoms with Crippen LogP contribution in [0.1, 0.15) is 10.4 Å². The Hall–Kier alpha value is -1.95. The van der Waals surface area contributed by atoms with Crippen LogP contribution >= 0.6 is 0 Å². The summed E-state index contributed by atoms with van der Waals surface area (Å²) in [6.07, 6.45) is 0. The van der Waals surface area contributed by atoms with Crippen molar-refractivity contribution in [3.8, 4) is 17.2 Å². The molecular formula is C7H6O6. The predicted octanol–water partition coefficient (Wildman–Crippen LogP) is 0.648. The van der Waals surface area contributed by atoms with Crippen LogP contribution in [0.25, 0.3) is 0 Å². The van der Waals surface area contributed by atoms with E-state index in [2.05, 4.69) is 4.89 Å². The second kappa shape index (κ2) is 3.20. The molecule has 0 aliphatic carbocycles. The van der Waals surface area contributed by atoms with E-state index < -0.39 is 23.2 Å².